The largest absolute Gasteiger partial charge is 0.399 e. The first-order valence-corrected chi connectivity index (χ1v) is 5.32. The molecule has 17 heavy (non-hydrogen) atoms. The van der Waals surface area contributed by atoms with Crippen molar-refractivity contribution >= 4 is 11.6 Å². The lowest BCUT2D eigenvalue weighted by molar-refractivity contribution is -0.122. The Morgan fingerprint density at radius 3 is 2.76 bits per heavy atom. The fourth-order valence-corrected chi connectivity index (χ4v) is 1.43. The predicted molar refractivity (Wildman–Crippen MR) is 64.9 cm³/mol. The Morgan fingerprint density at radius 1 is 1.35 bits per heavy atom. The molecule has 0 aliphatic carbocycles. The summed E-state index contributed by atoms with van der Waals surface area (Å²) >= 11 is 0. The quantitative estimate of drug-likeness (QED) is 0.762. The second-order valence-electron chi connectivity index (χ2n) is 3.72. The van der Waals surface area contributed by atoms with E-state index in [1.807, 2.05) is 24.3 Å². The predicted octanol–water partition coefficient (Wildman–Crippen LogP) is 0.782. The van der Waals surface area contributed by atoms with Crippen LogP contribution in [0.4, 0.5) is 5.69 Å². The Bertz CT molecular complexity index is 476. The lowest BCUT2D eigenvalue weighted by atomic mass is 10.2. The number of nitrogens with two attached hydrogens (primary N) is 1. The molecule has 5 heteroatoms. The second kappa shape index (κ2) is 5.16. The van der Waals surface area contributed by atoms with E-state index in [1.165, 1.54) is 0 Å². The highest BCUT2D eigenvalue weighted by Gasteiger charge is 2.02. The van der Waals surface area contributed by atoms with Gasteiger partial charge in [-0.15, -0.1) is 0 Å². The van der Waals surface area contributed by atoms with Crippen LogP contribution in [-0.4, -0.2) is 15.7 Å². The topological polar surface area (TPSA) is 72.9 Å². The molecule has 0 unspecified atom stereocenters. The third kappa shape index (κ3) is 3.34. The molecule has 1 aromatic carbocycles. The molecule has 0 radical (unpaired) electrons. The van der Waals surface area contributed by atoms with E-state index in [2.05, 4.69) is 10.4 Å². The van der Waals surface area contributed by atoms with Gasteiger partial charge in [0.2, 0.25) is 5.91 Å². The van der Waals surface area contributed by atoms with Crippen LogP contribution in [0.2, 0.25) is 0 Å². The summed E-state index contributed by atoms with van der Waals surface area (Å²) < 4.78 is 1.58. The van der Waals surface area contributed by atoms with Crippen molar-refractivity contribution < 1.29 is 4.79 Å². The summed E-state index contributed by atoms with van der Waals surface area (Å²) in [7, 11) is 0. The summed E-state index contributed by atoms with van der Waals surface area (Å²) in [5.41, 5.74) is 7.31. The number of rotatable bonds is 4. The van der Waals surface area contributed by atoms with Crippen molar-refractivity contribution in [1.82, 2.24) is 15.1 Å². The molecular formula is C12H14N4O. The number of hydrogen-bond acceptors (Lipinski definition) is 3. The standard InChI is InChI=1S/C12H14N4O/c13-11-4-2-10(3-5-11)8-14-12(17)9-16-7-1-6-15-16/h1-7H,8-9,13H2,(H,14,17). The number of nitrogens with zero attached hydrogens (tertiary/aromatic N) is 2. The maximum Gasteiger partial charge on any atom is 0.241 e. The number of carbonyl (C=O) groups excluding carboxylic acids is 1. The minimum absolute atomic E-state index is 0.0643. The molecule has 3 N–H and O–H groups in total. The Morgan fingerprint density at radius 2 is 2.12 bits per heavy atom. The molecule has 0 fully saturated rings. The zero-order valence-corrected chi connectivity index (χ0v) is 9.34. The number of anilines is 1. The van der Waals surface area contributed by atoms with Gasteiger partial charge in [-0.3, -0.25) is 9.48 Å². The van der Waals surface area contributed by atoms with Gasteiger partial charge in [0, 0.05) is 24.6 Å². The normalized spacial score (nSPS) is 10.1. The van der Waals surface area contributed by atoms with Crippen LogP contribution in [0.15, 0.2) is 42.7 Å². The smallest absolute Gasteiger partial charge is 0.241 e. The highest BCUT2D eigenvalue weighted by atomic mass is 16.2. The van der Waals surface area contributed by atoms with Gasteiger partial charge >= 0.3 is 0 Å². The number of nitrogens with one attached hydrogen (secondary N) is 1. The summed E-state index contributed by atoms with van der Waals surface area (Å²) in [5.74, 6) is -0.0643. The van der Waals surface area contributed by atoms with Gasteiger partial charge in [-0.2, -0.15) is 5.10 Å². The minimum atomic E-state index is -0.0643. The second-order valence-corrected chi connectivity index (χ2v) is 3.72. The molecule has 0 saturated heterocycles. The molecule has 2 rings (SSSR count). The van der Waals surface area contributed by atoms with Crippen LogP contribution in [0, 0.1) is 0 Å². The molecule has 0 bridgehead atoms. The number of nitrogen functional groups attached to an aromatic ring is 1. The lowest BCUT2D eigenvalue weighted by Gasteiger charge is -2.05. The first-order chi connectivity index (χ1) is 8.24. The molecule has 88 valence electrons. The van der Waals surface area contributed by atoms with Gasteiger partial charge in [-0.05, 0) is 23.8 Å². The van der Waals surface area contributed by atoms with Crippen molar-refractivity contribution in [3.05, 3.63) is 48.3 Å². The molecule has 0 aliphatic heterocycles. The van der Waals surface area contributed by atoms with Crippen LogP contribution in [-0.2, 0) is 17.9 Å². The van der Waals surface area contributed by atoms with Gasteiger partial charge in [0.15, 0.2) is 0 Å². The fraction of sp³-hybridized carbons (Fsp3) is 0.167. The van der Waals surface area contributed by atoms with Crippen molar-refractivity contribution in [1.29, 1.82) is 0 Å². The summed E-state index contributed by atoms with van der Waals surface area (Å²) in [6.07, 6.45) is 3.40. The van der Waals surface area contributed by atoms with Crippen molar-refractivity contribution in [3.63, 3.8) is 0 Å². The monoisotopic (exact) mass is 230 g/mol. The zero-order valence-electron chi connectivity index (χ0n) is 9.34. The van der Waals surface area contributed by atoms with Gasteiger partial charge in [0.05, 0.1) is 0 Å². The molecule has 2 aromatic rings. The van der Waals surface area contributed by atoms with E-state index in [1.54, 1.807) is 23.1 Å². The van der Waals surface area contributed by atoms with E-state index >= 15 is 0 Å². The number of carbonyl (C=O) groups is 1. The molecule has 1 aromatic heterocycles. The number of hydrogen-bond donors (Lipinski definition) is 2. The molecule has 5 nitrogen and oxygen atoms in total. The van der Waals surface area contributed by atoms with Crippen molar-refractivity contribution in [2.45, 2.75) is 13.1 Å². The SMILES string of the molecule is Nc1ccc(CNC(=O)Cn2cccn2)cc1. The van der Waals surface area contributed by atoms with Crippen molar-refractivity contribution in [2.24, 2.45) is 0 Å². The van der Waals surface area contributed by atoms with Crippen LogP contribution in [0.1, 0.15) is 5.56 Å². The highest BCUT2D eigenvalue weighted by molar-refractivity contribution is 5.75. The van der Waals surface area contributed by atoms with Gasteiger partial charge in [-0.1, -0.05) is 12.1 Å². The zero-order chi connectivity index (χ0) is 12.1. The Kier molecular flexibility index (Phi) is 3.40. The fourth-order valence-electron chi connectivity index (χ4n) is 1.43. The Hall–Kier alpha value is -2.30. The lowest BCUT2D eigenvalue weighted by Crippen LogP contribution is -2.27. The van der Waals surface area contributed by atoms with Crippen molar-refractivity contribution in [3.8, 4) is 0 Å². The average Bonchev–Trinajstić information content (AvgIpc) is 2.81. The van der Waals surface area contributed by atoms with Crippen LogP contribution in [0.5, 0.6) is 0 Å². The summed E-state index contributed by atoms with van der Waals surface area (Å²) in [5, 5.41) is 6.78. The molecule has 0 aliphatic rings. The first-order valence-electron chi connectivity index (χ1n) is 5.32. The summed E-state index contributed by atoms with van der Waals surface area (Å²) in [6.45, 7) is 0.738. The summed E-state index contributed by atoms with van der Waals surface area (Å²) in [6, 6.07) is 9.20. The number of aromatic nitrogens is 2. The van der Waals surface area contributed by atoms with Gasteiger partial charge in [-0.25, -0.2) is 0 Å². The Labute approximate surface area is 99.2 Å². The first kappa shape index (κ1) is 11.2. The van der Waals surface area contributed by atoms with Crippen LogP contribution in [0.3, 0.4) is 0 Å². The molecule has 0 spiro atoms. The van der Waals surface area contributed by atoms with Gasteiger partial charge in [0.25, 0.3) is 0 Å². The van der Waals surface area contributed by atoms with E-state index in [-0.39, 0.29) is 12.5 Å². The van der Waals surface area contributed by atoms with Crippen LogP contribution < -0.4 is 11.1 Å². The van der Waals surface area contributed by atoms with Crippen LogP contribution >= 0.6 is 0 Å². The van der Waals surface area contributed by atoms with Crippen molar-refractivity contribution in [2.75, 3.05) is 5.73 Å². The van der Waals surface area contributed by atoms with Gasteiger partial charge in [0.1, 0.15) is 6.54 Å². The van der Waals surface area contributed by atoms with Crippen LogP contribution in [0.25, 0.3) is 0 Å². The molecule has 0 saturated carbocycles. The van der Waals surface area contributed by atoms with E-state index in [0.717, 1.165) is 11.3 Å². The average molecular weight is 230 g/mol. The summed E-state index contributed by atoms with van der Waals surface area (Å²) in [4.78, 5) is 11.6. The maximum atomic E-state index is 11.6. The third-order valence-electron chi connectivity index (χ3n) is 2.33. The molecule has 0 atom stereocenters. The van der Waals surface area contributed by atoms with E-state index in [0.29, 0.717) is 6.54 Å². The molecule has 1 heterocycles. The highest BCUT2D eigenvalue weighted by Crippen LogP contribution is 2.04. The van der Waals surface area contributed by atoms with E-state index < -0.39 is 0 Å². The minimum Gasteiger partial charge on any atom is -0.399 e. The molecular weight excluding hydrogens is 216 g/mol. The maximum absolute atomic E-state index is 11.6. The van der Waals surface area contributed by atoms with Gasteiger partial charge < -0.3 is 11.1 Å². The Balaban J connectivity index is 1.82. The third-order valence-corrected chi connectivity index (χ3v) is 2.33. The van der Waals surface area contributed by atoms with E-state index in [4.69, 9.17) is 5.73 Å². The van der Waals surface area contributed by atoms with E-state index in [9.17, 15) is 4.79 Å². The molecule has 1 amide bonds. The number of benzene rings is 1. The number of amides is 1.